The van der Waals surface area contributed by atoms with E-state index in [0.29, 0.717) is 18.8 Å². The van der Waals surface area contributed by atoms with Crippen molar-refractivity contribution < 1.29 is 18.3 Å². The van der Waals surface area contributed by atoms with Crippen LogP contribution in [0.2, 0.25) is 0 Å². The highest BCUT2D eigenvalue weighted by Gasteiger charge is 2.12. The predicted octanol–water partition coefficient (Wildman–Crippen LogP) is 3.79. The SMILES string of the molecule is COc1ccccc1CCNC(=O)c1cc(Nc2ccc(F)cc2F)nc(C)n1. The van der Waals surface area contributed by atoms with Crippen LogP contribution in [-0.2, 0) is 6.42 Å². The normalized spacial score (nSPS) is 10.5. The van der Waals surface area contributed by atoms with Crippen LogP contribution in [0.15, 0.2) is 48.5 Å². The van der Waals surface area contributed by atoms with Gasteiger partial charge in [-0.1, -0.05) is 18.2 Å². The number of ether oxygens (including phenoxy) is 1. The van der Waals surface area contributed by atoms with Gasteiger partial charge in [0.05, 0.1) is 12.8 Å². The van der Waals surface area contributed by atoms with Gasteiger partial charge in [-0.15, -0.1) is 0 Å². The van der Waals surface area contributed by atoms with Crippen molar-refractivity contribution in [3.63, 3.8) is 0 Å². The molecule has 2 aromatic carbocycles. The van der Waals surface area contributed by atoms with Crippen LogP contribution in [0.4, 0.5) is 20.3 Å². The highest BCUT2D eigenvalue weighted by atomic mass is 19.1. The number of hydrogen-bond acceptors (Lipinski definition) is 5. The molecule has 0 saturated heterocycles. The van der Waals surface area contributed by atoms with Crippen LogP contribution < -0.4 is 15.4 Å². The minimum Gasteiger partial charge on any atom is -0.496 e. The lowest BCUT2D eigenvalue weighted by Gasteiger charge is -2.11. The number of hydrogen-bond donors (Lipinski definition) is 2. The molecule has 0 radical (unpaired) electrons. The zero-order chi connectivity index (χ0) is 20.8. The number of aryl methyl sites for hydroxylation is 1. The number of nitrogens with zero attached hydrogens (tertiary/aromatic N) is 2. The molecule has 0 fully saturated rings. The number of anilines is 2. The fourth-order valence-corrected chi connectivity index (χ4v) is 2.79. The first-order valence-corrected chi connectivity index (χ1v) is 8.94. The van der Waals surface area contributed by atoms with Gasteiger partial charge in [-0.05, 0) is 37.1 Å². The average molecular weight is 398 g/mol. The fourth-order valence-electron chi connectivity index (χ4n) is 2.79. The number of rotatable bonds is 7. The van der Waals surface area contributed by atoms with Gasteiger partial charge in [0.25, 0.3) is 5.91 Å². The molecule has 0 saturated carbocycles. The minimum atomic E-state index is -0.760. The Morgan fingerprint density at radius 2 is 1.90 bits per heavy atom. The van der Waals surface area contributed by atoms with E-state index >= 15 is 0 Å². The van der Waals surface area contributed by atoms with E-state index < -0.39 is 11.6 Å². The molecule has 150 valence electrons. The van der Waals surface area contributed by atoms with Gasteiger partial charge in [0, 0.05) is 18.7 Å². The van der Waals surface area contributed by atoms with Crippen LogP contribution in [0.3, 0.4) is 0 Å². The van der Waals surface area contributed by atoms with Gasteiger partial charge in [0.15, 0.2) is 0 Å². The van der Waals surface area contributed by atoms with Crippen LogP contribution in [0.5, 0.6) is 5.75 Å². The summed E-state index contributed by atoms with van der Waals surface area (Å²) in [7, 11) is 1.60. The van der Waals surface area contributed by atoms with Crippen LogP contribution in [-0.4, -0.2) is 29.5 Å². The van der Waals surface area contributed by atoms with Crippen LogP contribution in [0.25, 0.3) is 0 Å². The maximum absolute atomic E-state index is 13.8. The van der Waals surface area contributed by atoms with Gasteiger partial charge in [-0.25, -0.2) is 18.7 Å². The Morgan fingerprint density at radius 3 is 2.66 bits per heavy atom. The van der Waals surface area contributed by atoms with E-state index in [1.54, 1.807) is 14.0 Å². The van der Waals surface area contributed by atoms with Gasteiger partial charge < -0.3 is 15.4 Å². The molecular formula is C21H20F2N4O2. The third kappa shape index (κ3) is 5.25. The zero-order valence-corrected chi connectivity index (χ0v) is 16.0. The molecule has 1 aromatic heterocycles. The van der Waals surface area contributed by atoms with Gasteiger partial charge in [-0.3, -0.25) is 4.79 Å². The summed E-state index contributed by atoms with van der Waals surface area (Å²) in [5, 5.41) is 5.54. The van der Waals surface area contributed by atoms with Gasteiger partial charge in [0.1, 0.15) is 34.7 Å². The molecule has 3 rings (SSSR count). The number of benzene rings is 2. The summed E-state index contributed by atoms with van der Waals surface area (Å²) >= 11 is 0. The molecule has 3 aromatic rings. The summed E-state index contributed by atoms with van der Waals surface area (Å²) in [5.41, 5.74) is 1.16. The molecule has 2 N–H and O–H groups in total. The second kappa shape index (κ2) is 9.09. The summed E-state index contributed by atoms with van der Waals surface area (Å²) < 4.78 is 32.2. The number of methoxy groups -OCH3 is 1. The average Bonchev–Trinajstić information content (AvgIpc) is 2.70. The molecule has 1 amide bonds. The number of nitrogens with one attached hydrogen (secondary N) is 2. The lowest BCUT2D eigenvalue weighted by atomic mass is 10.1. The Morgan fingerprint density at radius 1 is 1.10 bits per heavy atom. The summed E-state index contributed by atoms with van der Waals surface area (Å²) in [6.07, 6.45) is 0.589. The van der Waals surface area contributed by atoms with Gasteiger partial charge >= 0.3 is 0 Å². The summed E-state index contributed by atoms with van der Waals surface area (Å²) in [6, 6.07) is 12.1. The Bertz CT molecular complexity index is 1030. The van der Waals surface area contributed by atoms with Gasteiger partial charge in [0.2, 0.25) is 0 Å². The Kier molecular flexibility index (Phi) is 6.33. The van der Waals surface area contributed by atoms with E-state index in [2.05, 4.69) is 20.6 Å². The number of aromatic nitrogens is 2. The lowest BCUT2D eigenvalue weighted by Crippen LogP contribution is -2.27. The molecule has 0 unspecified atom stereocenters. The molecule has 0 aliphatic heterocycles. The van der Waals surface area contributed by atoms with Crippen LogP contribution in [0, 0.1) is 18.6 Å². The van der Waals surface area contributed by atoms with E-state index in [1.165, 1.54) is 12.1 Å². The first-order valence-electron chi connectivity index (χ1n) is 8.94. The molecule has 1 heterocycles. The lowest BCUT2D eigenvalue weighted by molar-refractivity contribution is 0.0948. The quantitative estimate of drug-likeness (QED) is 0.633. The van der Waals surface area contributed by atoms with Crippen molar-refractivity contribution in [2.24, 2.45) is 0 Å². The monoisotopic (exact) mass is 398 g/mol. The molecule has 0 aliphatic rings. The van der Waals surface area contributed by atoms with Crippen molar-refractivity contribution in [1.29, 1.82) is 0 Å². The van der Waals surface area contributed by atoms with Crippen molar-refractivity contribution in [2.45, 2.75) is 13.3 Å². The number of carbonyl (C=O) groups excluding carboxylic acids is 1. The Balaban J connectivity index is 1.67. The molecule has 29 heavy (non-hydrogen) atoms. The largest absolute Gasteiger partial charge is 0.496 e. The highest BCUT2D eigenvalue weighted by molar-refractivity contribution is 5.93. The predicted molar refractivity (Wildman–Crippen MR) is 105 cm³/mol. The maximum Gasteiger partial charge on any atom is 0.270 e. The number of amides is 1. The fraction of sp³-hybridized carbons (Fsp3) is 0.190. The van der Waals surface area contributed by atoms with Crippen molar-refractivity contribution in [1.82, 2.24) is 15.3 Å². The number of para-hydroxylation sites is 1. The van der Waals surface area contributed by atoms with E-state index in [1.807, 2.05) is 24.3 Å². The van der Waals surface area contributed by atoms with E-state index in [0.717, 1.165) is 23.4 Å². The van der Waals surface area contributed by atoms with E-state index in [9.17, 15) is 13.6 Å². The van der Waals surface area contributed by atoms with Gasteiger partial charge in [-0.2, -0.15) is 0 Å². The van der Waals surface area contributed by atoms with Crippen molar-refractivity contribution in [2.75, 3.05) is 19.0 Å². The molecular weight excluding hydrogens is 378 g/mol. The molecule has 0 bridgehead atoms. The van der Waals surface area contributed by atoms with Crippen molar-refractivity contribution in [3.8, 4) is 5.75 Å². The van der Waals surface area contributed by atoms with Crippen LogP contribution in [0.1, 0.15) is 21.9 Å². The first kappa shape index (κ1) is 20.2. The Labute approximate surface area is 167 Å². The number of carbonyl (C=O) groups is 1. The second-order valence-corrected chi connectivity index (χ2v) is 6.25. The topological polar surface area (TPSA) is 76.1 Å². The highest BCUT2D eigenvalue weighted by Crippen LogP contribution is 2.20. The smallest absolute Gasteiger partial charge is 0.270 e. The third-order valence-electron chi connectivity index (χ3n) is 4.14. The first-order chi connectivity index (χ1) is 14.0. The van der Waals surface area contributed by atoms with E-state index in [4.69, 9.17) is 4.74 Å². The standard InChI is InChI=1S/C21H20F2N4O2/c1-13-25-18(12-20(26-13)27-17-8-7-15(22)11-16(17)23)21(28)24-10-9-14-5-3-4-6-19(14)29-2/h3-8,11-12H,9-10H2,1-2H3,(H,24,28)(H,25,26,27). The number of halogens is 2. The van der Waals surface area contributed by atoms with Crippen molar-refractivity contribution >= 4 is 17.4 Å². The minimum absolute atomic E-state index is 0.0482. The molecule has 0 aliphatic carbocycles. The summed E-state index contributed by atoms with van der Waals surface area (Å²) in [4.78, 5) is 20.7. The van der Waals surface area contributed by atoms with Crippen molar-refractivity contribution in [3.05, 3.63) is 77.2 Å². The van der Waals surface area contributed by atoms with E-state index in [-0.39, 0.29) is 23.1 Å². The molecule has 6 nitrogen and oxygen atoms in total. The Hall–Kier alpha value is -3.55. The molecule has 8 heteroatoms. The third-order valence-corrected chi connectivity index (χ3v) is 4.14. The second-order valence-electron chi connectivity index (χ2n) is 6.25. The zero-order valence-electron chi connectivity index (χ0n) is 16.0. The molecule has 0 spiro atoms. The summed E-state index contributed by atoms with van der Waals surface area (Å²) in [6.45, 7) is 2.01. The summed E-state index contributed by atoms with van der Waals surface area (Å²) in [5.74, 6) is -0.489. The van der Waals surface area contributed by atoms with Crippen LogP contribution >= 0.6 is 0 Å². The maximum atomic E-state index is 13.8. The molecule has 0 atom stereocenters.